The molecule has 2 aliphatic rings. The van der Waals surface area contributed by atoms with Gasteiger partial charge in [0.05, 0.1) is 44.8 Å². The van der Waals surface area contributed by atoms with Crippen LogP contribution in [0.4, 0.5) is 0 Å². The summed E-state index contributed by atoms with van der Waals surface area (Å²) >= 11 is 0. The van der Waals surface area contributed by atoms with E-state index in [0.29, 0.717) is 50.5 Å². The first-order valence-corrected chi connectivity index (χ1v) is 14.1. The summed E-state index contributed by atoms with van der Waals surface area (Å²) < 4.78 is 11.9. The number of likely N-dealkylation sites (tertiary alicyclic amines) is 1. The summed E-state index contributed by atoms with van der Waals surface area (Å²) in [6.07, 6.45) is 7.67. The van der Waals surface area contributed by atoms with Crippen molar-refractivity contribution in [2.24, 2.45) is 10.7 Å². The Morgan fingerprint density at radius 2 is 1.90 bits per heavy atom. The number of rotatable bonds is 11. The minimum atomic E-state index is -0.807. The number of nitrogens with one attached hydrogen (secondary N) is 1. The van der Waals surface area contributed by atoms with E-state index in [-0.39, 0.29) is 18.4 Å². The van der Waals surface area contributed by atoms with Gasteiger partial charge in [0.1, 0.15) is 0 Å². The van der Waals surface area contributed by atoms with Gasteiger partial charge < -0.3 is 25.4 Å². The van der Waals surface area contributed by atoms with E-state index in [2.05, 4.69) is 23.0 Å². The van der Waals surface area contributed by atoms with Gasteiger partial charge in [-0.1, -0.05) is 72.8 Å². The van der Waals surface area contributed by atoms with Crippen molar-refractivity contribution < 1.29 is 14.3 Å². The van der Waals surface area contributed by atoms with Crippen molar-refractivity contribution in [3.8, 4) is 6.07 Å². The molecule has 2 saturated heterocycles. The molecule has 2 fully saturated rings. The van der Waals surface area contributed by atoms with Gasteiger partial charge in [0, 0.05) is 42.2 Å². The number of carbonyl (C=O) groups is 1. The van der Waals surface area contributed by atoms with Gasteiger partial charge in [-0.15, -0.1) is 0 Å². The van der Waals surface area contributed by atoms with Gasteiger partial charge in [-0.3, -0.25) is 9.79 Å². The smallest absolute Gasteiger partial charge is 0.227 e. The Balaban J connectivity index is 1.40. The van der Waals surface area contributed by atoms with Crippen molar-refractivity contribution in [2.75, 3.05) is 26.3 Å². The average molecular weight is 566 g/mol. The normalized spacial score (nSPS) is 18.9. The monoisotopic (exact) mass is 565 g/mol. The molecular formula is C34H39N5O3. The van der Waals surface area contributed by atoms with E-state index < -0.39 is 5.79 Å². The fourth-order valence-electron chi connectivity index (χ4n) is 5.12. The molecular weight excluding hydrogens is 526 g/mol. The molecule has 0 aliphatic carbocycles. The predicted molar refractivity (Wildman–Crippen MR) is 166 cm³/mol. The molecule has 2 aromatic carbocycles. The van der Waals surface area contributed by atoms with Crippen LogP contribution in [0.25, 0.3) is 5.57 Å². The summed E-state index contributed by atoms with van der Waals surface area (Å²) in [5.41, 5.74) is 12.0. The molecule has 4 rings (SSSR count). The van der Waals surface area contributed by atoms with E-state index in [9.17, 15) is 10.1 Å². The lowest BCUT2D eigenvalue weighted by Crippen LogP contribution is -2.42. The van der Waals surface area contributed by atoms with E-state index in [1.54, 1.807) is 18.5 Å². The van der Waals surface area contributed by atoms with Gasteiger partial charge in [0.15, 0.2) is 5.79 Å². The third-order valence-electron chi connectivity index (χ3n) is 7.43. The molecule has 0 radical (unpaired) electrons. The van der Waals surface area contributed by atoms with Crippen LogP contribution in [-0.4, -0.2) is 55.2 Å². The quantitative estimate of drug-likeness (QED) is 0.233. The Hall–Kier alpha value is -4.45. The van der Waals surface area contributed by atoms with E-state index in [4.69, 9.17) is 15.2 Å². The number of nitriles is 1. The minimum Gasteiger partial charge on any atom is -0.404 e. The standard InChI is InChI=1S/C34H39N5O3/c1-4-27(19-35)16-25(2)21-38-26(3)32-18-34(41-14-15-42-34)24-39(32)33(40)17-28-10-12-30(13-11-28)31(20-36)23-37-22-29-8-6-5-7-9-29/h4-13,16,20,23,32,38H,3,14-15,17-18,21-22,24,36H2,1-2H3/b25-16+,27-4+,31-20+,37-23?. The topological polar surface area (TPSA) is 113 Å². The molecule has 1 unspecified atom stereocenters. The predicted octanol–water partition coefficient (Wildman–Crippen LogP) is 4.66. The third-order valence-corrected chi connectivity index (χ3v) is 7.43. The number of nitrogens with two attached hydrogens (primary N) is 1. The van der Waals surface area contributed by atoms with E-state index in [1.807, 2.05) is 79.4 Å². The Bertz CT molecular complexity index is 1410. The number of amides is 1. The fourth-order valence-corrected chi connectivity index (χ4v) is 5.12. The summed E-state index contributed by atoms with van der Waals surface area (Å²) in [7, 11) is 0. The molecule has 1 atom stereocenters. The van der Waals surface area contributed by atoms with Crippen LogP contribution in [0.2, 0.25) is 0 Å². The molecule has 2 aliphatic heterocycles. The summed E-state index contributed by atoms with van der Waals surface area (Å²) in [6.45, 7) is 10.5. The number of ether oxygens (including phenoxy) is 2. The second kappa shape index (κ2) is 14.4. The molecule has 3 N–H and O–H groups in total. The molecule has 0 bridgehead atoms. The zero-order valence-electron chi connectivity index (χ0n) is 24.4. The van der Waals surface area contributed by atoms with Crippen LogP contribution in [0.3, 0.4) is 0 Å². The molecule has 218 valence electrons. The number of allylic oxidation sites excluding steroid dienone is 4. The summed E-state index contributed by atoms with van der Waals surface area (Å²) in [5, 5.41) is 12.6. The van der Waals surface area contributed by atoms with Crippen molar-refractivity contribution in [1.29, 1.82) is 5.26 Å². The van der Waals surface area contributed by atoms with Crippen LogP contribution in [0.5, 0.6) is 0 Å². The van der Waals surface area contributed by atoms with Crippen molar-refractivity contribution in [2.45, 2.75) is 45.1 Å². The maximum atomic E-state index is 13.6. The van der Waals surface area contributed by atoms with Crippen LogP contribution < -0.4 is 11.1 Å². The van der Waals surface area contributed by atoms with Crippen molar-refractivity contribution in [3.05, 3.63) is 113 Å². The largest absolute Gasteiger partial charge is 0.404 e. The molecule has 2 heterocycles. The maximum absolute atomic E-state index is 13.6. The Morgan fingerprint density at radius 1 is 1.19 bits per heavy atom. The molecule has 8 nitrogen and oxygen atoms in total. The second-order valence-electron chi connectivity index (χ2n) is 10.5. The summed E-state index contributed by atoms with van der Waals surface area (Å²) in [5.74, 6) is -0.836. The van der Waals surface area contributed by atoms with Crippen LogP contribution in [-0.2, 0) is 27.2 Å². The summed E-state index contributed by atoms with van der Waals surface area (Å²) in [4.78, 5) is 20.0. The average Bonchev–Trinajstić information content (AvgIpc) is 3.64. The second-order valence-corrected chi connectivity index (χ2v) is 10.5. The maximum Gasteiger partial charge on any atom is 0.227 e. The van der Waals surface area contributed by atoms with Crippen LogP contribution in [0.15, 0.2) is 101 Å². The van der Waals surface area contributed by atoms with Gasteiger partial charge in [0.2, 0.25) is 5.91 Å². The number of aliphatic imine (C=N–C) groups is 1. The fraction of sp³-hybridized carbons (Fsp3) is 0.324. The van der Waals surface area contributed by atoms with Gasteiger partial charge in [-0.2, -0.15) is 5.26 Å². The minimum absolute atomic E-state index is 0.0290. The van der Waals surface area contributed by atoms with Crippen LogP contribution in [0, 0.1) is 11.3 Å². The van der Waals surface area contributed by atoms with E-state index in [1.165, 1.54) is 0 Å². The van der Waals surface area contributed by atoms with Crippen molar-refractivity contribution in [3.63, 3.8) is 0 Å². The van der Waals surface area contributed by atoms with Crippen LogP contribution in [0.1, 0.15) is 37.0 Å². The molecule has 2 aromatic rings. The zero-order valence-corrected chi connectivity index (χ0v) is 24.4. The number of carbonyl (C=O) groups excluding carboxylic acids is 1. The molecule has 0 saturated carbocycles. The van der Waals surface area contributed by atoms with E-state index >= 15 is 0 Å². The van der Waals surface area contributed by atoms with Gasteiger partial charge in [-0.05, 0) is 36.6 Å². The highest BCUT2D eigenvalue weighted by Crippen LogP contribution is 2.37. The first-order valence-electron chi connectivity index (χ1n) is 14.1. The summed E-state index contributed by atoms with van der Waals surface area (Å²) in [6, 6.07) is 19.7. The molecule has 8 heteroatoms. The zero-order chi connectivity index (χ0) is 30.0. The number of hydrogen-bond acceptors (Lipinski definition) is 7. The molecule has 0 aromatic heterocycles. The highest BCUT2D eigenvalue weighted by atomic mass is 16.7. The number of hydrogen-bond donors (Lipinski definition) is 2. The first-order chi connectivity index (χ1) is 20.4. The van der Waals surface area contributed by atoms with Crippen molar-refractivity contribution in [1.82, 2.24) is 10.2 Å². The van der Waals surface area contributed by atoms with E-state index in [0.717, 1.165) is 27.8 Å². The first kappa shape index (κ1) is 30.5. The highest BCUT2D eigenvalue weighted by Gasteiger charge is 2.50. The van der Waals surface area contributed by atoms with Crippen LogP contribution >= 0.6 is 0 Å². The molecule has 1 amide bonds. The van der Waals surface area contributed by atoms with Gasteiger partial charge in [-0.25, -0.2) is 0 Å². The number of nitrogens with zero attached hydrogens (tertiary/aromatic N) is 3. The molecule has 42 heavy (non-hydrogen) atoms. The lowest BCUT2D eigenvalue weighted by atomic mass is 10.0. The number of benzene rings is 2. The van der Waals surface area contributed by atoms with Gasteiger partial charge >= 0.3 is 0 Å². The third kappa shape index (κ3) is 7.84. The lowest BCUT2D eigenvalue weighted by Gasteiger charge is -2.27. The lowest BCUT2D eigenvalue weighted by molar-refractivity contribution is -0.152. The van der Waals surface area contributed by atoms with Gasteiger partial charge in [0.25, 0.3) is 0 Å². The molecule has 1 spiro atoms. The SMILES string of the molecule is C=C(NC/C(C)=C/C(C#N)=C\C)C1CC2(CN1C(=O)Cc1ccc(/C(C=NCc3ccccc3)=C/N)cc1)OCCO2. The Kier molecular flexibility index (Phi) is 10.5. The Labute approximate surface area is 248 Å². The van der Waals surface area contributed by atoms with Crippen molar-refractivity contribution >= 4 is 17.7 Å². The Morgan fingerprint density at radius 3 is 2.55 bits per heavy atom. The highest BCUT2D eigenvalue weighted by molar-refractivity contribution is 6.09.